The number of nitrogens with one attached hydrogen (secondary N) is 1. The second-order valence-electron chi connectivity index (χ2n) is 4.11. The summed E-state index contributed by atoms with van der Waals surface area (Å²) in [6.45, 7) is 0.462. The average molecular weight is 260 g/mol. The van der Waals surface area contributed by atoms with Gasteiger partial charge in [-0.2, -0.15) is 0 Å². The number of alkyl halides is 3. The van der Waals surface area contributed by atoms with Crippen molar-refractivity contribution < 1.29 is 17.9 Å². The lowest BCUT2D eigenvalue weighted by molar-refractivity contribution is -0.274. The van der Waals surface area contributed by atoms with Gasteiger partial charge in [0.1, 0.15) is 5.75 Å². The number of hydrogen-bond acceptors (Lipinski definition) is 1. The van der Waals surface area contributed by atoms with Crippen molar-refractivity contribution in [2.45, 2.75) is 38.5 Å². The van der Waals surface area contributed by atoms with Crippen LogP contribution in [0.4, 0.5) is 13.2 Å². The van der Waals surface area contributed by atoms with Crippen molar-refractivity contribution in [2.24, 2.45) is 0 Å². The molecular weight excluding hydrogens is 243 g/mol. The third-order valence-electron chi connectivity index (χ3n) is 2.55. The molecule has 5 heteroatoms. The fraction of sp³-hybridized carbons (Fsp3) is 0.538. The second-order valence-corrected chi connectivity index (χ2v) is 4.11. The van der Waals surface area contributed by atoms with Crippen LogP contribution < -0.4 is 10.5 Å². The van der Waals surface area contributed by atoms with Crippen LogP contribution >= 0.6 is 0 Å². The minimum atomic E-state index is -4.63. The molecule has 0 aliphatic heterocycles. The summed E-state index contributed by atoms with van der Waals surface area (Å²) in [6.07, 6.45) is 0.234. The van der Waals surface area contributed by atoms with Gasteiger partial charge in [0.2, 0.25) is 0 Å². The van der Waals surface area contributed by atoms with E-state index in [0.29, 0.717) is 6.54 Å². The Morgan fingerprint density at radius 1 is 0.944 bits per heavy atom. The smallest absolute Gasteiger partial charge is 0.406 e. The first kappa shape index (κ1) is 14.8. The Hall–Kier alpha value is -1.23. The number of aryl methyl sites for hydroxylation is 1. The predicted molar refractivity (Wildman–Crippen MR) is 63.3 cm³/mol. The standard InChI is InChI=1S/C13H17F3NO/c14-13(15,16)18-12-8-6-11(7-9-12)5-3-1-2-4-10-17/h6-9,17H,1-5,10H2. The third-order valence-corrected chi connectivity index (χ3v) is 2.55. The lowest BCUT2D eigenvalue weighted by Gasteiger charge is -2.09. The average Bonchev–Trinajstić information content (AvgIpc) is 2.29. The van der Waals surface area contributed by atoms with E-state index in [4.69, 9.17) is 5.73 Å². The normalized spacial score (nSPS) is 11.6. The third kappa shape index (κ3) is 6.49. The molecule has 1 radical (unpaired) electrons. The molecule has 0 heterocycles. The van der Waals surface area contributed by atoms with Crippen LogP contribution in [0, 0.1) is 0 Å². The van der Waals surface area contributed by atoms with Crippen molar-refractivity contribution in [3.05, 3.63) is 29.8 Å². The highest BCUT2D eigenvalue weighted by atomic mass is 19.4. The molecule has 1 rings (SSSR count). The van der Waals surface area contributed by atoms with Crippen LogP contribution in [-0.2, 0) is 6.42 Å². The van der Waals surface area contributed by atoms with Crippen molar-refractivity contribution >= 4 is 0 Å². The molecule has 0 bridgehead atoms. The Balaban J connectivity index is 2.32. The van der Waals surface area contributed by atoms with E-state index in [-0.39, 0.29) is 5.75 Å². The molecule has 18 heavy (non-hydrogen) atoms. The SMILES string of the molecule is [NH]CCCCCCc1ccc(OC(F)(F)F)cc1. The molecule has 0 amide bonds. The lowest BCUT2D eigenvalue weighted by Crippen LogP contribution is -2.17. The molecule has 2 nitrogen and oxygen atoms in total. The summed E-state index contributed by atoms with van der Waals surface area (Å²) in [6, 6.07) is 6.00. The number of unbranched alkanes of at least 4 members (excludes halogenated alkanes) is 3. The van der Waals surface area contributed by atoms with Crippen LogP contribution in [0.2, 0.25) is 0 Å². The van der Waals surface area contributed by atoms with Crippen LogP contribution in [0.25, 0.3) is 0 Å². The highest BCUT2D eigenvalue weighted by Gasteiger charge is 2.30. The van der Waals surface area contributed by atoms with Crippen LogP contribution in [0.1, 0.15) is 31.2 Å². The number of rotatable bonds is 7. The molecule has 0 fully saturated rings. The van der Waals surface area contributed by atoms with E-state index in [0.717, 1.165) is 37.7 Å². The molecular formula is C13H17F3NO. The van der Waals surface area contributed by atoms with Gasteiger partial charge in [-0.05, 0) is 37.0 Å². The first-order valence-corrected chi connectivity index (χ1v) is 6.00. The van der Waals surface area contributed by atoms with Crippen LogP contribution in [0.15, 0.2) is 24.3 Å². The van der Waals surface area contributed by atoms with Gasteiger partial charge in [-0.1, -0.05) is 25.0 Å². The molecule has 0 aliphatic carbocycles. The van der Waals surface area contributed by atoms with Gasteiger partial charge >= 0.3 is 6.36 Å². The maximum atomic E-state index is 11.9. The van der Waals surface area contributed by atoms with Gasteiger partial charge in [0, 0.05) is 6.54 Å². The van der Waals surface area contributed by atoms with Crippen LogP contribution in [0.3, 0.4) is 0 Å². The Bertz CT molecular complexity index is 335. The molecule has 1 aromatic carbocycles. The quantitative estimate of drug-likeness (QED) is 0.683. The Kier molecular flexibility index (Phi) is 5.98. The van der Waals surface area contributed by atoms with E-state index < -0.39 is 6.36 Å². The first-order chi connectivity index (χ1) is 8.51. The summed E-state index contributed by atoms with van der Waals surface area (Å²) in [7, 11) is 0. The predicted octanol–water partition coefficient (Wildman–Crippen LogP) is 3.97. The van der Waals surface area contributed by atoms with E-state index in [1.807, 2.05) is 0 Å². The summed E-state index contributed by atoms with van der Waals surface area (Å²) in [5.41, 5.74) is 8.00. The van der Waals surface area contributed by atoms with E-state index in [2.05, 4.69) is 4.74 Å². The van der Waals surface area contributed by atoms with Crippen molar-refractivity contribution in [2.75, 3.05) is 6.54 Å². The van der Waals surface area contributed by atoms with Gasteiger partial charge in [-0.3, -0.25) is 5.73 Å². The molecule has 0 aliphatic rings. The zero-order valence-electron chi connectivity index (χ0n) is 10.1. The molecule has 1 aromatic rings. The van der Waals surface area contributed by atoms with Crippen molar-refractivity contribution in [1.29, 1.82) is 0 Å². The highest BCUT2D eigenvalue weighted by molar-refractivity contribution is 5.27. The van der Waals surface area contributed by atoms with E-state index in [1.165, 1.54) is 12.1 Å². The molecule has 1 N–H and O–H groups in total. The van der Waals surface area contributed by atoms with Crippen LogP contribution in [0.5, 0.6) is 5.75 Å². The summed E-state index contributed by atoms with van der Waals surface area (Å²) in [5.74, 6) is -0.180. The van der Waals surface area contributed by atoms with Crippen molar-refractivity contribution in [3.63, 3.8) is 0 Å². The monoisotopic (exact) mass is 260 g/mol. The lowest BCUT2D eigenvalue weighted by atomic mass is 10.1. The molecule has 0 atom stereocenters. The van der Waals surface area contributed by atoms with E-state index >= 15 is 0 Å². The van der Waals surface area contributed by atoms with Crippen molar-refractivity contribution in [3.8, 4) is 5.75 Å². The molecule has 0 unspecified atom stereocenters. The van der Waals surface area contributed by atoms with Gasteiger partial charge in [-0.15, -0.1) is 13.2 Å². The second kappa shape index (κ2) is 7.26. The Morgan fingerprint density at radius 2 is 1.56 bits per heavy atom. The highest BCUT2D eigenvalue weighted by Crippen LogP contribution is 2.23. The molecule has 0 saturated heterocycles. The summed E-state index contributed by atoms with van der Waals surface area (Å²) >= 11 is 0. The van der Waals surface area contributed by atoms with Gasteiger partial charge in [0.05, 0.1) is 0 Å². The zero-order valence-corrected chi connectivity index (χ0v) is 10.1. The van der Waals surface area contributed by atoms with E-state index in [9.17, 15) is 13.2 Å². The van der Waals surface area contributed by atoms with Gasteiger partial charge < -0.3 is 4.74 Å². The van der Waals surface area contributed by atoms with Gasteiger partial charge in [-0.25, -0.2) is 0 Å². The van der Waals surface area contributed by atoms with E-state index in [1.54, 1.807) is 12.1 Å². The molecule has 0 saturated carbocycles. The fourth-order valence-corrected chi connectivity index (χ4v) is 1.67. The topological polar surface area (TPSA) is 33.0 Å². The summed E-state index contributed by atoms with van der Waals surface area (Å²) < 4.78 is 39.6. The summed E-state index contributed by atoms with van der Waals surface area (Å²) in [4.78, 5) is 0. The minimum absolute atomic E-state index is 0.180. The largest absolute Gasteiger partial charge is 0.573 e. The maximum absolute atomic E-state index is 11.9. The molecule has 0 aromatic heterocycles. The fourth-order valence-electron chi connectivity index (χ4n) is 1.67. The Labute approximate surface area is 105 Å². The minimum Gasteiger partial charge on any atom is -0.406 e. The summed E-state index contributed by atoms with van der Waals surface area (Å²) in [5, 5.41) is 0. The zero-order chi connectivity index (χ0) is 13.4. The van der Waals surface area contributed by atoms with Gasteiger partial charge in [0.25, 0.3) is 0 Å². The van der Waals surface area contributed by atoms with Crippen molar-refractivity contribution in [1.82, 2.24) is 5.73 Å². The van der Waals surface area contributed by atoms with Crippen LogP contribution in [-0.4, -0.2) is 12.9 Å². The Morgan fingerprint density at radius 3 is 2.11 bits per heavy atom. The maximum Gasteiger partial charge on any atom is 0.573 e. The number of benzene rings is 1. The first-order valence-electron chi connectivity index (χ1n) is 6.00. The molecule has 101 valence electrons. The van der Waals surface area contributed by atoms with Gasteiger partial charge in [0.15, 0.2) is 0 Å². The number of ether oxygens (including phenoxy) is 1. The number of halogens is 3. The molecule has 0 spiro atoms. The number of hydrogen-bond donors (Lipinski definition) is 0.